The van der Waals surface area contributed by atoms with Crippen molar-refractivity contribution in [2.75, 3.05) is 4.90 Å². The molecule has 338 valence electrons. The van der Waals surface area contributed by atoms with Crippen LogP contribution in [0.4, 0.5) is 17.1 Å². The average molecular weight is 925 g/mol. The normalized spacial score (nSPS) is 13.0. The number of fused-ring (bicyclic) bond motifs is 20. The molecular weight excluding hydrogens is 881 g/mol. The Kier molecular flexibility index (Phi) is 8.41. The SMILES string of the molecule is c1ccc(-n2c3ccccc3c3cc(N(c4ccc5c6ccccc6c6ccccc6c5c4)c4cc5c(cc4-c4cccc6ccccc46)-c4ccccc4C54c5ccccc5-c5ccccc54)ccc32)cc1. The molecule has 0 radical (unpaired) electrons. The molecule has 0 unspecified atom stereocenters. The molecule has 0 atom stereocenters. The third kappa shape index (κ3) is 5.52. The van der Waals surface area contributed by atoms with Crippen molar-refractivity contribution in [1.82, 2.24) is 4.57 Å². The molecular formula is C71H44N2. The third-order valence-electron chi connectivity index (χ3n) is 16.3. The number of benzene rings is 13. The average Bonchev–Trinajstić information content (AvgIpc) is 4.15. The molecule has 0 N–H and O–H groups in total. The van der Waals surface area contributed by atoms with E-state index < -0.39 is 5.41 Å². The molecule has 0 saturated heterocycles. The van der Waals surface area contributed by atoms with Gasteiger partial charge in [0, 0.05) is 33.4 Å². The summed E-state index contributed by atoms with van der Waals surface area (Å²) < 4.78 is 2.42. The highest BCUT2D eigenvalue weighted by molar-refractivity contribution is 6.26. The molecule has 14 aromatic rings. The fourth-order valence-electron chi connectivity index (χ4n) is 13.4. The number of rotatable bonds is 5. The van der Waals surface area contributed by atoms with Gasteiger partial charge < -0.3 is 9.47 Å². The van der Waals surface area contributed by atoms with Crippen LogP contribution in [0.2, 0.25) is 0 Å². The Morgan fingerprint density at radius 2 is 0.726 bits per heavy atom. The van der Waals surface area contributed by atoms with Crippen molar-refractivity contribution < 1.29 is 0 Å². The fourth-order valence-corrected chi connectivity index (χ4v) is 13.4. The number of aromatic nitrogens is 1. The Morgan fingerprint density at radius 3 is 1.40 bits per heavy atom. The molecule has 2 nitrogen and oxygen atoms in total. The van der Waals surface area contributed by atoms with Crippen molar-refractivity contribution >= 4 is 82.0 Å². The lowest BCUT2D eigenvalue weighted by Gasteiger charge is -2.33. The summed E-state index contributed by atoms with van der Waals surface area (Å²) in [5.41, 5.74) is 19.1. The molecule has 0 fully saturated rings. The van der Waals surface area contributed by atoms with E-state index in [0.29, 0.717) is 0 Å². The van der Waals surface area contributed by atoms with Crippen molar-refractivity contribution in [3.63, 3.8) is 0 Å². The fraction of sp³-hybridized carbons (Fsp3) is 0.0141. The molecule has 0 bridgehead atoms. The Labute approximate surface area is 422 Å². The Balaban J connectivity index is 1.07. The minimum atomic E-state index is -0.539. The van der Waals surface area contributed by atoms with E-state index in [0.717, 1.165) is 22.7 Å². The van der Waals surface area contributed by atoms with E-state index in [1.54, 1.807) is 0 Å². The predicted octanol–water partition coefficient (Wildman–Crippen LogP) is 18.9. The summed E-state index contributed by atoms with van der Waals surface area (Å²) in [6.45, 7) is 0. The van der Waals surface area contributed by atoms with Crippen LogP contribution in [0.5, 0.6) is 0 Å². The second-order valence-corrected chi connectivity index (χ2v) is 19.9. The second-order valence-electron chi connectivity index (χ2n) is 19.9. The van der Waals surface area contributed by atoms with Crippen LogP contribution >= 0.6 is 0 Å². The first-order valence-electron chi connectivity index (χ1n) is 25.4. The molecule has 2 heteroatoms. The summed E-state index contributed by atoms with van der Waals surface area (Å²) in [5, 5.41) is 12.4. The zero-order chi connectivity index (χ0) is 47.8. The second kappa shape index (κ2) is 15.3. The summed E-state index contributed by atoms with van der Waals surface area (Å²) >= 11 is 0. The van der Waals surface area contributed by atoms with Crippen LogP contribution in [0.15, 0.2) is 267 Å². The maximum Gasteiger partial charge on any atom is 0.0726 e. The lowest BCUT2D eigenvalue weighted by molar-refractivity contribution is 0.794. The lowest BCUT2D eigenvalue weighted by Crippen LogP contribution is -2.26. The number of anilines is 3. The van der Waals surface area contributed by atoms with Crippen LogP contribution in [0.3, 0.4) is 0 Å². The van der Waals surface area contributed by atoms with Gasteiger partial charge in [0.15, 0.2) is 0 Å². The quantitative estimate of drug-likeness (QED) is 0.156. The van der Waals surface area contributed by atoms with E-state index in [4.69, 9.17) is 0 Å². The smallest absolute Gasteiger partial charge is 0.0726 e. The molecule has 1 aromatic heterocycles. The van der Waals surface area contributed by atoms with Gasteiger partial charge in [-0.2, -0.15) is 0 Å². The molecule has 2 aliphatic carbocycles. The van der Waals surface area contributed by atoms with Crippen LogP contribution in [-0.2, 0) is 5.41 Å². The Hall–Kier alpha value is -9.50. The molecule has 13 aromatic carbocycles. The van der Waals surface area contributed by atoms with E-state index in [2.05, 4.69) is 276 Å². The van der Waals surface area contributed by atoms with E-state index >= 15 is 0 Å². The van der Waals surface area contributed by atoms with Gasteiger partial charge in [0.25, 0.3) is 0 Å². The van der Waals surface area contributed by atoms with E-state index in [1.807, 2.05) is 0 Å². The molecule has 16 rings (SSSR count). The number of para-hydroxylation sites is 2. The Morgan fingerprint density at radius 1 is 0.260 bits per heavy atom. The van der Waals surface area contributed by atoms with Crippen molar-refractivity contribution in [3.05, 3.63) is 289 Å². The van der Waals surface area contributed by atoms with Gasteiger partial charge in [0.05, 0.1) is 22.1 Å². The summed E-state index contributed by atoms with van der Waals surface area (Å²) in [6, 6.07) is 100. The maximum absolute atomic E-state index is 2.59. The maximum atomic E-state index is 2.59. The number of hydrogen-bond donors (Lipinski definition) is 0. The lowest BCUT2D eigenvalue weighted by atomic mass is 9.70. The molecule has 73 heavy (non-hydrogen) atoms. The van der Waals surface area contributed by atoms with Gasteiger partial charge in [-0.1, -0.05) is 206 Å². The zero-order valence-electron chi connectivity index (χ0n) is 39.8. The molecule has 2 aliphatic rings. The van der Waals surface area contributed by atoms with Gasteiger partial charge in [0.2, 0.25) is 0 Å². The highest BCUT2D eigenvalue weighted by Gasteiger charge is 2.52. The van der Waals surface area contributed by atoms with Crippen LogP contribution in [0.1, 0.15) is 22.3 Å². The van der Waals surface area contributed by atoms with Gasteiger partial charge in [-0.05, 0) is 154 Å². The molecule has 0 saturated carbocycles. The first-order valence-corrected chi connectivity index (χ1v) is 25.4. The largest absolute Gasteiger partial charge is 0.310 e. The van der Waals surface area contributed by atoms with Crippen LogP contribution < -0.4 is 4.90 Å². The monoisotopic (exact) mass is 924 g/mol. The molecule has 0 aliphatic heterocycles. The standard InChI is InChI=1S/C71H44N2/c1-2-21-46(22-3-1)73-68-36-17-13-31-59(68)62-42-48(38-40-69(62)73)72(47-37-39-55-53-26-7-6-24-51(53)52-25-8-9-27-54(52)60(55)41-47)70-44-67-61(43-63(70)50-32-18-20-45-19-4-5-23-49(45)50)58-30-12-16-35-66(58)71(67)64-33-14-10-28-56(64)57-29-11-15-34-65(57)71/h1-44H. The molecule has 1 heterocycles. The highest BCUT2D eigenvalue weighted by Crippen LogP contribution is 2.64. The Bertz CT molecular complexity index is 4550. The van der Waals surface area contributed by atoms with Crippen molar-refractivity contribution in [3.8, 4) is 39.1 Å². The van der Waals surface area contributed by atoms with Crippen molar-refractivity contribution in [2.24, 2.45) is 0 Å². The summed E-state index contributed by atoms with van der Waals surface area (Å²) in [7, 11) is 0. The van der Waals surface area contributed by atoms with Gasteiger partial charge >= 0.3 is 0 Å². The van der Waals surface area contributed by atoms with Crippen LogP contribution in [0, 0.1) is 0 Å². The topological polar surface area (TPSA) is 8.17 Å². The number of hydrogen-bond acceptors (Lipinski definition) is 1. The van der Waals surface area contributed by atoms with Crippen LogP contribution in [-0.4, -0.2) is 4.57 Å². The van der Waals surface area contributed by atoms with E-state index in [-0.39, 0.29) is 0 Å². The minimum absolute atomic E-state index is 0.539. The first kappa shape index (κ1) is 40.3. The first-order chi connectivity index (χ1) is 36.2. The van der Waals surface area contributed by atoms with Crippen molar-refractivity contribution in [1.29, 1.82) is 0 Å². The molecule has 0 amide bonds. The van der Waals surface area contributed by atoms with Crippen molar-refractivity contribution in [2.45, 2.75) is 5.41 Å². The zero-order valence-corrected chi connectivity index (χ0v) is 39.8. The summed E-state index contributed by atoms with van der Waals surface area (Å²) in [4.78, 5) is 2.58. The predicted molar refractivity (Wildman–Crippen MR) is 307 cm³/mol. The van der Waals surface area contributed by atoms with Gasteiger partial charge in [-0.25, -0.2) is 0 Å². The third-order valence-corrected chi connectivity index (χ3v) is 16.3. The van der Waals surface area contributed by atoms with Gasteiger partial charge in [-0.3, -0.25) is 0 Å². The minimum Gasteiger partial charge on any atom is -0.310 e. The van der Waals surface area contributed by atoms with E-state index in [9.17, 15) is 0 Å². The summed E-state index contributed by atoms with van der Waals surface area (Å²) in [6.07, 6.45) is 0. The van der Waals surface area contributed by atoms with Crippen LogP contribution in [0.25, 0.3) is 104 Å². The molecule has 1 spiro atoms. The highest BCUT2D eigenvalue weighted by atomic mass is 15.1. The van der Waals surface area contributed by atoms with E-state index in [1.165, 1.54) is 121 Å². The van der Waals surface area contributed by atoms with Gasteiger partial charge in [0.1, 0.15) is 0 Å². The number of nitrogens with zero attached hydrogens (tertiary/aromatic N) is 2. The summed E-state index contributed by atoms with van der Waals surface area (Å²) in [5.74, 6) is 0. The van der Waals surface area contributed by atoms with Gasteiger partial charge in [-0.15, -0.1) is 0 Å².